The number of aliphatic carboxylic acids is 1. The highest BCUT2D eigenvalue weighted by Gasteiger charge is 2.25. The number of nitrogens with one attached hydrogen (secondary N) is 1. The van der Waals surface area contributed by atoms with Crippen molar-refractivity contribution in [2.45, 2.75) is 13.0 Å². The quantitative estimate of drug-likeness (QED) is 0.770. The molecule has 0 aromatic heterocycles. The molecule has 0 amide bonds. The molecule has 0 unspecified atom stereocenters. The van der Waals surface area contributed by atoms with Gasteiger partial charge in [-0.25, -0.2) is 4.79 Å². The number of methoxy groups -OCH3 is 1. The third-order valence-electron chi connectivity index (χ3n) is 4.95. The van der Waals surface area contributed by atoms with E-state index < -0.39 is 5.97 Å². The van der Waals surface area contributed by atoms with Crippen LogP contribution < -0.4 is 10.1 Å². The van der Waals surface area contributed by atoms with Gasteiger partial charge in [-0.2, -0.15) is 0 Å². The number of fused-ring (bicyclic) bond motifs is 1. The van der Waals surface area contributed by atoms with Gasteiger partial charge in [0.05, 0.1) is 12.8 Å². The first kappa shape index (κ1) is 18.6. The zero-order valence-corrected chi connectivity index (χ0v) is 16.1. The van der Waals surface area contributed by atoms with Gasteiger partial charge < -0.3 is 20.1 Å². The number of carbonyl (C=O) groups is 1. The Morgan fingerprint density at radius 2 is 1.97 bits per heavy atom. The Kier molecular flexibility index (Phi) is 5.20. The Hall–Kier alpha value is -3.73. The fourth-order valence-electron chi connectivity index (χ4n) is 3.47. The molecule has 5 nitrogen and oxygen atoms in total. The van der Waals surface area contributed by atoms with Gasteiger partial charge >= 0.3 is 5.97 Å². The van der Waals surface area contributed by atoms with E-state index >= 15 is 0 Å². The molecule has 0 bridgehead atoms. The number of ether oxygens (including phenoxy) is 1. The van der Waals surface area contributed by atoms with E-state index in [-0.39, 0.29) is 5.70 Å². The van der Waals surface area contributed by atoms with E-state index in [0.29, 0.717) is 12.2 Å². The summed E-state index contributed by atoms with van der Waals surface area (Å²) < 4.78 is 5.22. The van der Waals surface area contributed by atoms with Crippen LogP contribution in [0.15, 0.2) is 96.1 Å². The lowest BCUT2D eigenvalue weighted by Crippen LogP contribution is -2.30. The molecule has 2 heterocycles. The van der Waals surface area contributed by atoms with E-state index in [4.69, 9.17) is 4.74 Å². The van der Waals surface area contributed by atoms with Crippen LogP contribution in [0.25, 0.3) is 11.1 Å². The maximum atomic E-state index is 11.9. The SMILES string of the molecule is COc1ccc(-c2cccc(CNC3=C(C(=O)O)N4C=CCC=C4C=C3)c2)cc1. The summed E-state index contributed by atoms with van der Waals surface area (Å²) in [6.07, 6.45) is 10.3. The molecule has 2 aliphatic rings. The second-order valence-corrected chi connectivity index (χ2v) is 6.80. The number of rotatable bonds is 6. The molecule has 0 saturated heterocycles. The van der Waals surface area contributed by atoms with Gasteiger partial charge in [0.25, 0.3) is 0 Å². The van der Waals surface area contributed by atoms with Crippen LogP contribution in [0.4, 0.5) is 0 Å². The van der Waals surface area contributed by atoms with E-state index in [2.05, 4.69) is 17.4 Å². The number of carboxylic acid groups (broad SMARTS) is 1. The van der Waals surface area contributed by atoms with E-state index in [1.807, 2.05) is 66.9 Å². The summed E-state index contributed by atoms with van der Waals surface area (Å²) in [6.45, 7) is 0.525. The third kappa shape index (κ3) is 3.94. The summed E-state index contributed by atoms with van der Waals surface area (Å²) in [5.41, 5.74) is 4.99. The average Bonchev–Trinajstić information content (AvgIpc) is 2.77. The van der Waals surface area contributed by atoms with Crippen molar-refractivity contribution in [3.8, 4) is 16.9 Å². The second kappa shape index (κ2) is 8.10. The molecule has 2 aromatic carbocycles. The van der Waals surface area contributed by atoms with E-state index in [9.17, 15) is 9.90 Å². The molecular formula is C24H22N2O3. The van der Waals surface area contributed by atoms with E-state index in [0.717, 1.165) is 34.6 Å². The van der Waals surface area contributed by atoms with Crippen LogP contribution in [0.3, 0.4) is 0 Å². The van der Waals surface area contributed by atoms with Gasteiger partial charge in [-0.15, -0.1) is 0 Å². The molecule has 4 rings (SSSR count). The average molecular weight is 386 g/mol. The van der Waals surface area contributed by atoms with Crippen LogP contribution in [-0.2, 0) is 11.3 Å². The smallest absolute Gasteiger partial charge is 0.355 e. The van der Waals surface area contributed by atoms with Gasteiger partial charge in [0.15, 0.2) is 5.70 Å². The Morgan fingerprint density at radius 1 is 1.14 bits per heavy atom. The highest BCUT2D eigenvalue weighted by molar-refractivity contribution is 5.89. The molecule has 0 fully saturated rings. The predicted molar refractivity (Wildman–Crippen MR) is 113 cm³/mol. The molecule has 2 aromatic rings. The minimum Gasteiger partial charge on any atom is -0.497 e. The van der Waals surface area contributed by atoms with Gasteiger partial charge in [-0.3, -0.25) is 0 Å². The fourth-order valence-corrected chi connectivity index (χ4v) is 3.47. The van der Waals surface area contributed by atoms with Crippen LogP contribution in [-0.4, -0.2) is 23.1 Å². The minimum atomic E-state index is -0.957. The third-order valence-corrected chi connectivity index (χ3v) is 4.95. The van der Waals surface area contributed by atoms with Gasteiger partial charge in [-0.05, 0) is 53.5 Å². The summed E-state index contributed by atoms with van der Waals surface area (Å²) in [4.78, 5) is 13.6. The van der Waals surface area contributed by atoms with Gasteiger partial charge in [0.1, 0.15) is 5.75 Å². The highest BCUT2D eigenvalue weighted by Crippen LogP contribution is 2.27. The number of carboxylic acids is 1. The van der Waals surface area contributed by atoms with Crippen molar-refractivity contribution in [2.24, 2.45) is 0 Å². The molecular weight excluding hydrogens is 364 g/mol. The Morgan fingerprint density at radius 3 is 2.72 bits per heavy atom. The van der Waals surface area contributed by atoms with Crippen LogP contribution in [0.1, 0.15) is 12.0 Å². The van der Waals surface area contributed by atoms with Crippen molar-refractivity contribution in [1.82, 2.24) is 10.2 Å². The number of nitrogens with zero attached hydrogens (tertiary/aromatic N) is 1. The molecule has 0 spiro atoms. The number of hydrogen-bond acceptors (Lipinski definition) is 4. The predicted octanol–water partition coefficient (Wildman–Crippen LogP) is 4.42. The largest absolute Gasteiger partial charge is 0.497 e. The standard InChI is InChI=1S/C24H22N2O3/c1-29-21-11-8-18(9-12-21)19-6-4-5-17(15-19)16-25-22-13-10-20-7-2-3-14-26(20)23(22)24(27)28/h3-15,25H,2,16H2,1H3,(H,27,28). The summed E-state index contributed by atoms with van der Waals surface area (Å²) in [5, 5.41) is 13.0. The van der Waals surface area contributed by atoms with Crippen LogP contribution in [0.2, 0.25) is 0 Å². The fraction of sp³-hybridized carbons (Fsp3) is 0.125. The minimum absolute atomic E-state index is 0.237. The molecule has 5 heteroatoms. The lowest BCUT2D eigenvalue weighted by atomic mass is 10.0. The zero-order valence-electron chi connectivity index (χ0n) is 16.1. The van der Waals surface area contributed by atoms with E-state index in [1.54, 1.807) is 12.0 Å². The number of allylic oxidation sites excluding steroid dienone is 4. The maximum absolute atomic E-state index is 11.9. The van der Waals surface area contributed by atoms with Crippen molar-refractivity contribution < 1.29 is 14.6 Å². The van der Waals surface area contributed by atoms with Gasteiger partial charge in [0, 0.05) is 18.4 Å². The van der Waals surface area contributed by atoms with Gasteiger partial charge in [-0.1, -0.05) is 42.5 Å². The monoisotopic (exact) mass is 386 g/mol. The van der Waals surface area contributed by atoms with Gasteiger partial charge in [0.2, 0.25) is 0 Å². The second-order valence-electron chi connectivity index (χ2n) is 6.80. The lowest BCUT2D eigenvalue weighted by Gasteiger charge is -2.29. The first-order valence-corrected chi connectivity index (χ1v) is 9.44. The lowest BCUT2D eigenvalue weighted by molar-refractivity contribution is -0.134. The maximum Gasteiger partial charge on any atom is 0.355 e. The summed E-state index contributed by atoms with van der Waals surface area (Å²) in [5.74, 6) is -0.134. The van der Waals surface area contributed by atoms with Crippen molar-refractivity contribution in [1.29, 1.82) is 0 Å². The molecule has 29 heavy (non-hydrogen) atoms. The molecule has 146 valence electrons. The van der Waals surface area contributed by atoms with Crippen molar-refractivity contribution in [2.75, 3.05) is 7.11 Å². The number of hydrogen-bond donors (Lipinski definition) is 2. The number of benzene rings is 2. The summed E-state index contributed by atoms with van der Waals surface area (Å²) in [6, 6.07) is 16.1. The van der Waals surface area contributed by atoms with Crippen molar-refractivity contribution in [3.05, 3.63) is 102 Å². The molecule has 0 radical (unpaired) electrons. The zero-order chi connectivity index (χ0) is 20.2. The highest BCUT2D eigenvalue weighted by atomic mass is 16.5. The van der Waals surface area contributed by atoms with Crippen LogP contribution >= 0.6 is 0 Å². The molecule has 0 aliphatic carbocycles. The van der Waals surface area contributed by atoms with E-state index in [1.165, 1.54) is 0 Å². The first-order chi connectivity index (χ1) is 14.2. The molecule has 2 aliphatic heterocycles. The Balaban J connectivity index is 1.54. The Bertz CT molecular complexity index is 1050. The summed E-state index contributed by atoms with van der Waals surface area (Å²) >= 11 is 0. The normalized spacial score (nSPS) is 15.1. The molecule has 0 atom stereocenters. The van der Waals surface area contributed by atoms with Crippen molar-refractivity contribution in [3.63, 3.8) is 0 Å². The van der Waals surface area contributed by atoms with Crippen molar-refractivity contribution >= 4 is 5.97 Å². The topological polar surface area (TPSA) is 61.8 Å². The van der Waals surface area contributed by atoms with Crippen LogP contribution in [0.5, 0.6) is 5.75 Å². The van der Waals surface area contributed by atoms with Crippen LogP contribution in [0, 0.1) is 0 Å². The molecule has 0 saturated carbocycles. The first-order valence-electron chi connectivity index (χ1n) is 9.44. The summed E-state index contributed by atoms with van der Waals surface area (Å²) in [7, 11) is 1.65. The molecule has 2 N–H and O–H groups in total. The Labute approximate surface area is 169 Å².